The van der Waals surface area contributed by atoms with Gasteiger partial charge in [0.2, 0.25) is 6.79 Å². The van der Waals surface area contributed by atoms with Crippen LogP contribution in [0.15, 0.2) is 48.5 Å². The van der Waals surface area contributed by atoms with E-state index in [-0.39, 0.29) is 6.79 Å². The number of hydrogen-bond donors (Lipinski definition) is 0. The summed E-state index contributed by atoms with van der Waals surface area (Å²) in [4.78, 5) is 1.79. The van der Waals surface area contributed by atoms with Gasteiger partial charge in [0.1, 0.15) is 0 Å². The van der Waals surface area contributed by atoms with Gasteiger partial charge in [0.25, 0.3) is 0 Å². The van der Waals surface area contributed by atoms with Crippen LogP contribution in [0, 0.1) is 0 Å². The Bertz CT molecular complexity index is 738. The van der Waals surface area contributed by atoms with Gasteiger partial charge in [0.05, 0.1) is 0 Å². The van der Waals surface area contributed by atoms with Gasteiger partial charge in [0, 0.05) is 18.3 Å². The molecule has 2 aromatic carbocycles. The monoisotopic (exact) mass is 373 g/mol. The molecule has 0 aliphatic carbocycles. The standard InChI is InChI=1S/C15H14Cl2NO4P/c1-18(12-5-3-2-4-6-12)15(22-23(16,17)19)11-7-8-13-14(9-11)21-10-20-13/h2-9,15H,10H2,1H3. The number of hydrogen-bond acceptors (Lipinski definition) is 5. The zero-order valence-electron chi connectivity index (χ0n) is 12.2. The van der Waals surface area contributed by atoms with Crippen LogP contribution in [-0.4, -0.2) is 13.8 Å². The molecular formula is C15H14Cl2NO4P. The SMILES string of the molecule is CN(c1ccccc1)C(OP(=O)(Cl)Cl)c1ccc2c(c1)OCO2. The predicted molar refractivity (Wildman–Crippen MR) is 90.5 cm³/mol. The third kappa shape index (κ3) is 3.93. The maximum Gasteiger partial charge on any atom is 0.382 e. The summed E-state index contributed by atoms with van der Waals surface area (Å²) < 4.78 is 27.9. The highest BCUT2D eigenvalue weighted by atomic mass is 35.9. The molecule has 1 aliphatic heterocycles. The van der Waals surface area contributed by atoms with Crippen molar-refractivity contribution in [2.75, 3.05) is 18.7 Å². The van der Waals surface area contributed by atoms with E-state index >= 15 is 0 Å². The van der Waals surface area contributed by atoms with Crippen LogP contribution in [0.2, 0.25) is 0 Å². The summed E-state index contributed by atoms with van der Waals surface area (Å²) in [5, 5.41) is 0. The lowest BCUT2D eigenvalue weighted by atomic mass is 10.1. The zero-order valence-corrected chi connectivity index (χ0v) is 14.6. The van der Waals surface area contributed by atoms with Crippen LogP contribution in [-0.2, 0) is 9.09 Å². The minimum Gasteiger partial charge on any atom is -0.454 e. The van der Waals surface area contributed by atoms with E-state index < -0.39 is 12.3 Å². The Balaban J connectivity index is 1.97. The topological polar surface area (TPSA) is 48.0 Å². The normalized spacial score (nSPS) is 14.6. The molecule has 2 aromatic rings. The first-order valence-corrected chi connectivity index (χ1v) is 10.2. The number of anilines is 1. The van der Waals surface area contributed by atoms with Crippen molar-refractivity contribution in [2.24, 2.45) is 0 Å². The second-order valence-electron chi connectivity index (χ2n) is 4.93. The number of nitrogens with zero attached hydrogens (tertiary/aromatic N) is 1. The van der Waals surface area contributed by atoms with E-state index in [1.54, 1.807) is 30.1 Å². The van der Waals surface area contributed by atoms with Gasteiger partial charge < -0.3 is 14.4 Å². The van der Waals surface area contributed by atoms with E-state index in [1.807, 2.05) is 30.3 Å². The molecule has 0 amide bonds. The van der Waals surface area contributed by atoms with Gasteiger partial charge in [-0.3, -0.25) is 9.09 Å². The third-order valence-electron chi connectivity index (χ3n) is 3.42. The molecule has 23 heavy (non-hydrogen) atoms. The van der Waals surface area contributed by atoms with E-state index in [2.05, 4.69) is 0 Å². The van der Waals surface area contributed by atoms with Crippen LogP contribution >= 0.6 is 28.6 Å². The Kier molecular flexibility index (Phi) is 4.74. The third-order valence-corrected chi connectivity index (χ3v) is 4.34. The molecule has 1 heterocycles. The van der Waals surface area contributed by atoms with Gasteiger partial charge >= 0.3 is 6.07 Å². The van der Waals surface area contributed by atoms with Crippen LogP contribution in [0.25, 0.3) is 0 Å². The molecule has 0 N–H and O–H groups in total. The number of benzene rings is 2. The van der Waals surface area contributed by atoms with Gasteiger partial charge in [-0.15, -0.1) is 0 Å². The Labute approximate surface area is 143 Å². The number of fused-ring (bicyclic) bond motifs is 1. The Morgan fingerprint density at radius 2 is 1.83 bits per heavy atom. The summed E-state index contributed by atoms with van der Waals surface area (Å²) in [6.07, 6.45) is -4.49. The van der Waals surface area contributed by atoms with E-state index in [4.69, 9.17) is 36.5 Å². The maximum atomic E-state index is 11.8. The smallest absolute Gasteiger partial charge is 0.382 e. The van der Waals surface area contributed by atoms with Crippen molar-refractivity contribution in [1.82, 2.24) is 0 Å². The van der Waals surface area contributed by atoms with Crippen LogP contribution in [0.1, 0.15) is 11.8 Å². The first-order chi connectivity index (χ1) is 10.9. The molecule has 3 rings (SSSR count). The molecule has 0 bridgehead atoms. The molecule has 0 saturated heterocycles. The first kappa shape index (κ1) is 16.5. The van der Waals surface area contributed by atoms with Gasteiger partial charge in [-0.1, -0.05) is 24.3 Å². The molecular weight excluding hydrogens is 360 g/mol. The minimum absolute atomic E-state index is 0.169. The highest BCUT2D eigenvalue weighted by molar-refractivity contribution is 8.05. The molecule has 8 heteroatoms. The summed E-state index contributed by atoms with van der Waals surface area (Å²) in [5.74, 6) is 1.24. The van der Waals surface area contributed by atoms with E-state index in [1.165, 1.54) is 0 Å². The van der Waals surface area contributed by atoms with E-state index in [0.717, 1.165) is 5.69 Å². The van der Waals surface area contributed by atoms with Crippen LogP contribution in [0.3, 0.4) is 0 Å². The molecule has 1 atom stereocenters. The van der Waals surface area contributed by atoms with Crippen molar-refractivity contribution in [3.05, 3.63) is 54.1 Å². The fourth-order valence-corrected chi connectivity index (χ4v) is 3.29. The number of halogens is 2. The highest BCUT2D eigenvalue weighted by Gasteiger charge is 2.28. The Morgan fingerprint density at radius 3 is 2.52 bits per heavy atom. The molecule has 0 fully saturated rings. The maximum absolute atomic E-state index is 11.8. The Hall–Kier alpha value is -1.39. The quantitative estimate of drug-likeness (QED) is 0.535. The first-order valence-electron chi connectivity index (χ1n) is 6.79. The second kappa shape index (κ2) is 6.62. The van der Waals surface area contributed by atoms with Gasteiger partial charge in [-0.25, -0.2) is 0 Å². The van der Waals surface area contributed by atoms with Crippen molar-refractivity contribution in [3.63, 3.8) is 0 Å². The van der Waals surface area contributed by atoms with Gasteiger partial charge in [-0.05, 0) is 46.7 Å². The predicted octanol–water partition coefficient (Wildman–Crippen LogP) is 5.15. The molecule has 1 aliphatic rings. The molecule has 0 radical (unpaired) electrons. The fraction of sp³-hybridized carbons (Fsp3) is 0.200. The average Bonchev–Trinajstić information content (AvgIpc) is 2.99. The molecule has 5 nitrogen and oxygen atoms in total. The van der Waals surface area contributed by atoms with Crippen LogP contribution in [0.4, 0.5) is 5.69 Å². The van der Waals surface area contributed by atoms with Crippen molar-refractivity contribution < 1.29 is 18.6 Å². The molecule has 1 unspecified atom stereocenters. The zero-order chi connectivity index (χ0) is 16.4. The summed E-state index contributed by atoms with van der Waals surface area (Å²) in [5.41, 5.74) is 1.55. The molecule has 0 saturated carbocycles. The highest BCUT2D eigenvalue weighted by Crippen LogP contribution is 2.61. The number of rotatable bonds is 5. The molecule has 0 aromatic heterocycles. The largest absolute Gasteiger partial charge is 0.454 e. The molecule has 122 valence electrons. The molecule has 0 spiro atoms. The number of ether oxygens (including phenoxy) is 2. The fourth-order valence-electron chi connectivity index (χ4n) is 2.34. The lowest BCUT2D eigenvalue weighted by molar-refractivity contribution is 0.173. The van der Waals surface area contributed by atoms with Crippen LogP contribution in [0.5, 0.6) is 11.5 Å². The van der Waals surface area contributed by atoms with Gasteiger partial charge in [0.15, 0.2) is 17.7 Å². The van der Waals surface area contributed by atoms with Crippen molar-refractivity contribution >= 4 is 34.2 Å². The summed E-state index contributed by atoms with van der Waals surface area (Å²) >= 11 is 11.3. The average molecular weight is 374 g/mol. The van der Waals surface area contributed by atoms with E-state index in [9.17, 15) is 4.57 Å². The summed E-state index contributed by atoms with van der Waals surface area (Å²) in [6, 6.07) is 14.8. The van der Waals surface area contributed by atoms with Crippen molar-refractivity contribution in [1.29, 1.82) is 0 Å². The minimum atomic E-state index is -3.75. The lowest BCUT2D eigenvalue weighted by Gasteiger charge is -2.30. The van der Waals surface area contributed by atoms with Gasteiger partial charge in [-0.2, -0.15) is 0 Å². The van der Waals surface area contributed by atoms with Crippen LogP contribution < -0.4 is 14.4 Å². The number of para-hydroxylation sites is 1. The van der Waals surface area contributed by atoms with Crippen molar-refractivity contribution in [2.45, 2.75) is 6.23 Å². The lowest BCUT2D eigenvalue weighted by Crippen LogP contribution is -2.25. The summed E-state index contributed by atoms with van der Waals surface area (Å²) in [7, 11) is 1.80. The van der Waals surface area contributed by atoms with Crippen molar-refractivity contribution in [3.8, 4) is 11.5 Å². The summed E-state index contributed by atoms with van der Waals surface area (Å²) in [6.45, 7) is 0.169. The van der Waals surface area contributed by atoms with E-state index in [0.29, 0.717) is 17.1 Å². The Morgan fingerprint density at radius 1 is 1.13 bits per heavy atom. The second-order valence-corrected chi connectivity index (χ2v) is 9.16.